The molecule has 0 saturated heterocycles. The van der Waals surface area contributed by atoms with Gasteiger partial charge >= 0.3 is 5.97 Å². The lowest BCUT2D eigenvalue weighted by atomic mass is 9.92. The lowest BCUT2D eigenvalue weighted by Crippen LogP contribution is -2.16. The molecule has 0 atom stereocenters. The van der Waals surface area contributed by atoms with Gasteiger partial charge in [0.05, 0.1) is 43.6 Å². The van der Waals surface area contributed by atoms with Crippen LogP contribution in [0.25, 0.3) is 0 Å². The summed E-state index contributed by atoms with van der Waals surface area (Å²) in [5.41, 5.74) is 5.70. The first kappa shape index (κ1) is 16.6. The minimum absolute atomic E-state index is 0.137. The molecule has 0 fully saturated rings. The van der Waals surface area contributed by atoms with Crippen molar-refractivity contribution in [2.45, 2.75) is 20.3 Å². The predicted octanol–water partition coefficient (Wildman–Crippen LogP) is 2.38. The smallest absolute Gasteiger partial charge is 0.340 e. The molecular formula is C15H20N2O4. The van der Waals surface area contributed by atoms with Crippen LogP contribution >= 0.6 is 0 Å². The van der Waals surface area contributed by atoms with Gasteiger partial charge in [-0.2, -0.15) is 5.26 Å². The van der Waals surface area contributed by atoms with E-state index in [1.54, 1.807) is 19.9 Å². The van der Waals surface area contributed by atoms with Crippen LogP contribution in [0.2, 0.25) is 0 Å². The average molecular weight is 292 g/mol. The van der Waals surface area contributed by atoms with Crippen LogP contribution in [-0.4, -0.2) is 26.8 Å². The van der Waals surface area contributed by atoms with Crippen molar-refractivity contribution in [3.63, 3.8) is 0 Å². The number of nitriles is 1. The Labute approximate surface area is 124 Å². The summed E-state index contributed by atoms with van der Waals surface area (Å²) in [4.78, 5) is 12.1. The van der Waals surface area contributed by atoms with Crippen LogP contribution in [0.1, 0.15) is 30.6 Å². The van der Waals surface area contributed by atoms with E-state index >= 15 is 0 Å². The lowest BCUT2D eigenvalue weighted by Gasteiger charge is -2.16. The lowest BCUT2D eigenvalue weighted by molar-refractivity contribution is 0.0475. The summed E-state index contributed by atoms with van der Waals surface area (Å²) in [6, 6.07) is 5.23. The summed E-state index contributed by atoms with van der Waals surface area (Å²) < 4.78 is 15.4. The van der Waals surface area contributed by atoms with E-state index in [4.69, 9.17) is 25.2 Å². The maximum absolute atomic E-state index is 12.1. The quantitative estimate of drug-likeness (QED) is 0.639. The van der Waals surface area contributed by atoms with E-state index in [-0.39, 0.29) is 17.9 Å². The molecule has 0 aliphatic heterocycles. The average Bonchev–Trinajstić information content (AvgIpc) is 2.47. The monoisotopic (exact) mass is 292 g/mol. The molecule has 0 spiro atoms. The fourth-order valence-electron chi connectivity index (χ4n) is 1.59. The predicted molar refractivity (Wildman–Crippen MR) is 78.3 cm³/mol. The molecule has 1 aromatic carbocycles. The number of benzene rings is 1. The molecule has 0 bridgehead atoms. The normalized spacial score (nSPS) is 10.6. The molecule has 114 valence electrons. The number of anilines is 1. The number of esters is 1. The number of ether oxygens (including phenoxy) is 3. The Balaban J connectivity index is 2.85. The van der Waals surface area contributed by atoms with Gasteiger partial charge in [0.2, 0.25) is 0 Å². The number of nitrogens with zero attached hydrogens (tertiary/aromatic N) is 1. The highest BCUT2D eigenvalue weighted by Crippen LogP contribution is 2.31. The van der Waals surface area contributed by atoms with Crippen molar-refractivity contribution in [3.8, 4) is 17.6 Å². The van der Waals surface area contributed by atoms with Gasteiger partial charge in [-0.25, -0.2) is 4.79 Å². The first-order valence-corrected chi connectivity index (χ1v) is 6.44. The van der Waals surface area contributed by atoms with Crippen LogP contribution in [0.3, 0.4) is 0 Å². The molecule has 0 radical (unpaired) electrons. The van der Waals surface area contributed by atoms with E-state index in [0.717, 1.165) is 0 Å². The second kappa shape index (κ2) is 6.84. The van der Waals surface area contributed by atoms with Crippen molar-refractivity contribution in [3.05, 3.63) is 17.7 Å². The van der Waals surface area contributed by atoms with Crippen LogP contribution in [0, 0.1) is 16.7 Å². The van der Waals surface area contributed by atoms with Gasteiger partial charge in [-0.15, -0.1) is 0 Å². The zero-order valence-electron chi connectivity index (χ0n) is 12.7. The van der Waals surface area contributed by atoms with Crippen molar-refractivity contribution in [1.82, 2.24) is 0 Å². The van der Waals surface area contributed by atoms with Gasteiger partial charge in [0.25, 0.3) is 0 Å². The number of rotatable bonds is 6. The maximum atomic E-state index is 12.1. The molecule has 0 saturated carbocycles. The third-order valence-electron chi connectivity index (χ3n) is 3.05. The first-order valence-electron chi connectivity index (χ1n) is 6.44. The van der Waals surface area contributed by atoms with Crippen LogP contribution in [-0.2, 0) is 4.74 Å². The molecule has 6 heteroatoms. The molecule has 21 heavy (non-hydrogen) atoms. The zero-order chi connectivity index (χ0) is 16.0. The number of carbonyl (C=O) groups is 1. The molecule has 1 rings (SSSR count). The van der Waals surface area contributed by atoms with Crippen LogP contribution in [0.5, 0.6) is 11.5 Å². The fraction of sp³-hybridized carbons (Fsp3) is 0.467. The Morgan fingerprint density at radius 1 is 1.33 bits per heavy atom. The van der Waals surface area contributed by atoms with Crippen LogP contribution < -0.4 is 15.2 Å². The SMILES string of the molecule is COc1cc(OC)c(N)c(C(=O)OCCC(C)(C)C#N)c1. The van der Waals surface area contributed by atoms with Gasteiger partial charge in [0, 0.05) is 6.07 Å². The topological polar surface area (TPSA) is 94.6 Å². The molecule has 0 unspecified atom stereocenters. The van der Waals surface area contributed by atoms with Crippen molar-refractivity contribution in [1.29, 1.82) is 5.26 Å². The molecular weight excluding hydrogens is 272 g/mol. The van der Waals surface area contributed by atoms with E-state index in [2.05, 4.69) is 6.07 Å². The Hall–Kier alpha value is -2.42. The molecule has 0 aliphatic rings. The standard InChI is InChI=1S/C15H20N2O4/c1-15(2,9-16)5-6-21-14(18)11-7-10(19-3)8-12(20-4)13(11)17/h7-8H,5-6,17H2,1-4H3. The molecule has 0 aliphatic carbocycles. The number of carbonyl (C=O) groups excluding carboxylic acids is 1. The van der Waals surface area contributed by atoms with Crippen LogP contribution in [0.4, 0.5) is 5.69 Å². The molecule has 0 amide bonds. The summed E-state index contributed by atoms with van der Waals surface area (Å²) in [5.74, 6) is 0.224. The van der Waals surface area contributed by atoms with Crippen molar-refractivity contribution >= 4 is 11.7 Å². The maximum Gasteiger partial charge on any atom is 0.340 e. The summed E-state index contributed by atoms with van der Waals surface area (Å²) in [5, 5.41) is 8.91. The van der Waals surface area contributed by atoms with Gasteiger partial charge in [0.15, 0.2) is 0 Å². The van der Waals surface area contributed by atoms with Gasteiger partial charge in [0.1, 0.15) is 11.5 Å². The number of hydrogen-bond donors (Lipinski definition) is 1. The van der Waals surface area contributed by atoms with E-state index in [1.165, 1.54) is 20.3 Å². The van der Waals surface area contributed by atoms with Crippen molar-refractivity contribution in [2.24, 2.45) is 5.41 Å². The largest absolute Gasteiger partial charge is 0.497 e. The van der Waals surface area contributed by atoms with Crippen LogP contribution in [0.15, 0.2) is 12.1 Å². The van der Waals surface area contributed by atoms with Gasteiger partial charge in [-0.1, -0.05) is 0 Å². The highest BCUT2D eigenvalue weighted by molar-refractivity contribution is 5.97. The second-order valence-electron chi connectivity index (χ2n) is 5.17. The molecule has 0 aromatic heterocycles. The number of nitrogens with two attached hydrogens (primary N) is 1. The fourth-order valence-corrected chi connectivity index (χ4v) is 1.59. The Kier molecular flexibility index (Phi) is 5.42. The molecule has 2 N–H and O–H groups in total. The second-order valence-corrected chi connectivity index (χ2v) is 5.17. The van der Waals surface area contributed by atoms with Crippen molar-refractivity contribution in [2.75, 3.05) is 26.6 Å². The highest BCUT2D eigenvalue weighted by atomic mass is 16.5. The van der Waals surface area contributed by atoms with Crippen molar-refractivity contribution < 1.29 is 19.0 Å². The minimum Gasteiger partial charge on any atom is -0.497 e. The molecule has 6 nitrogen and oxygen atoms in total. The molecule has 0 heterocycles. The summed E-state index contributed by atoms with van der Waals surface area (Å²) in [7, 11) is 2.94. The van der Waals surface area contributed by atoms with E-state index < -0.39 is 11.4 Å². The zero-order valence-corrected chi connectivity index (χ0v) is 12.7. The Morgan fingerprint density at radius 2 is 2.00 bits per heavy atom. The highest BCUT2D eigenvalue weighted by Gasteiger charge is 2.20. The van der Waals surface area contributed by atoms with Gasteiger partial charge < -0.3 is 19.9 Å². The Bertz CT molecular complexity index is 562. The van der Waals surface area contributed by atoms with E-state index in [0.29, 0.717) is 17.9 Å². The third-order valence-corrected chi connectivity index (χ3v) is 3.05. The number of nitrogen functional groups attached to an aromatic ring is 1. The summed E-state index contributed by atoms with van der Waals surface area (Å²) >= 11 is 0. The van der Waals surface area contributed by atoms with Gasteiger partial charge in [-0.05, 0) is 26.3 Å². The summed E-state index contributed by atoms with van der Waals surface area (Å²) in [6.07, 6.45) is 0.441. The Morgan fingerprint density at radius 3 is 2.52 bits per heavy atom. The molecule has 1 aromatic rings. The summed E-state index contributed by atoms with van der Waals surface area (Å²) in [6.45, 7) is 3.70. The van der Waals surface area contributed by atoms with Gasteiger partial charge in [-0.3, -0.25) is 0 Å². The first-order chi connectivity index (χ1) is 9.84. The third kappa shape index (κ3) is 4.28. The van der Waals surface area contributed by atoms with E-state index in [1.807, 2.05) is 0 Å². The number of hydrogen-bond acceptors (Lipinski definition) is 6. The number of methoxy groups -OCH3 is 2. The minimum atomic E-state index is -0.571. The van der Waals surface area contributed by atoms with E-state index in [9.17, 15) is 4.79 Å².